The molecular weight excluding hydrogens is 464 g/mol. The molecule has 5 rings (SSSR count). The molecule has 33 heavy (non-hydrogen) atoms. The number of rotatable bonds is 7. The molecule has 2 aromatic heterocycles. The summed E-state index contributed by atoms with van der Waals surface area (Å²) in [6, 6.07) is 16.0. The minimum Gasteiger partial charge on any atom is -0.476 e. The lowest BCUT2D eigenvalue weighted by Crippen LogP contribution is -2.11. The Hall–Kier alpha value is -3.38. The Balaban J connectivity index is 1.65. The number of carbonyl (C=O) groups is 1. The highest BCUT2D eigenvalue weighted by molar-refractivity contribution is 7.89. The van der Waals surface area contributed by atoms with E-state index in [4.69, 9.17) is 15.0 Å². The van der Waals surface area contributed by atoms with Crippen molar-refractivity contribution in [1.29, 1.82) is 0 Å². The monoisotopic (exact) mass is 482 g/mol. The first kappa shape index (κ1) is 21.5. The van der Waals surface area contributed by atoms with Gasteiger partial charge in [-0.25, -0.2) is 28.0 Å². The number of hydrogen-bond donors (Lipinski definition) is 2. The molecule has 0 bridgehead atoms. The Kier molecular flexibility index (Phi) is 5.33. The summed E-state index contributed by atoms with van der Waals surface area (Å²) in [5.41, 5.74) is 4.14. The number of epoxide rings is 1. The molecule has 1 unspecified atom stereocenters. The zero-order valence-corrected chi connectivity index (χ0v) is 18.7. The smallest absolute Gasteiger partial charge is 0.355 e. The summed E-state index contributed by atoms with van der Waals surface area (Å²) < 4.78 is 30.5. The topological polar surface area (TPSA) is 141 Å². The van der Waals surface area contributed by atoms with E-state index in [-0.39, 0.29) is 16.7 Å². The highest BCUT2D eigenvalue weighted by Gasteiger charge is 2.35. The van der Waals surface area contributed by atoms with Gasteiger partial charge in [0.05, 0.1) is 22.9 Å². The molecule has 2 aromatic carbocycles. The number of thiazole rings is 1. The maximum atomic E-state index is 11.6. The average Bonchev–Trinajstić information content (AvgIpc) is 3.37. The van der Waals surface area contributed by atoms with E-state index in [1.54, 1.807) is 16.8 Å². The second-order valence-electron chi connectivity index (χ2n) is 7.50. The van der Waals surface area contributed by atoms with Crippen LogP contribution in [-0.4, -0.2) is 40.9 Å². The molecule has 1 fully saturated rings. The third kappa shape index (κ3) is 4.31. The molecule has 0 amide bonds. The number of nitrogens with zero attached hydrogens (tertiary/aromatic N) is 3. The summed E-state index contributed by atoms with van der Waals surface area (Å²) >= 11 is 1.19. The molecule has 0 saturated carbocycles. The van der Waals surface area contributed by atoms with E-state index < -0.39 is 16.0 Å². The molecule has 4 aromatic rings. The van der Waals surface area contributed by atoms with Gasteiger partial charge in [-0.1, -0.05) is 42.5 Å². The van der Waals surface area contributed by atoms with Gasteiger partial charge in [-0.2, -0.15) is 5.10 Å². The molecule has 3 N–H and O–H groups in total. The van der Waals surface area contributed by atoms with Crippen LogP contribution >= 0.6 is 11.3 Å². The van der Waals surface area contributed by atoms with Crippen molar-refractivity contribution < 1.29 is 23.1 Å². The van der Waals surface area contributed by atoms with Crippen molar-refractivity contribution in [2.45, 2.75) is 17.4 Å². The Morgan fingerprint density at radius 2 is 1.88 bits per heavy atom. The Labute approximate surface area is 193 Å². The molecule has 0 radical (unpaired) electrons. The highest BCUT2D eigenvalue weighted by atomic mass is 32.2. The Morgan fingerprint density at radius 1 is 1.18 bits per heavy atom. The second-order valence-corrected chi connectivity index (χ2v) is 9.90. The van der Waals surface area contributed by atoms with Crippen molar-refractivity contribution in [3.05, 3.63) is 82.5 Å². The largest absolute Gasteiger partial charge is 0.476 e. The van der Waals surface area contributed by atoms with Gasteiger partial charge in [0.25, 0.3) is 0 Å². The molecule has 11 heteroatoms. The summed E-state index contributed by atoms with van der Waals surface area (Å²) in [4.78, 5) is 15.6. The van der Waals surface area contributed by atoms with Crippen molar-refractivity contribution in [2.75, 3.05) is 6.61 Å². The first-order valence-electron chi connectivity index (χ1n) is 9.91. The van der Waals surface area contributed by atoms with Crippen molar-refractivity contribution in [3.8, 4) is 16.4 Å². The molecule has 1 aliphatic rings. The number of primary sulfonamides is 1. The molecule has 0 spiro atoms. The van der Waals surface area contributed by atoms with Crippen molar-refractivity contribution in [1.82, 2.24) is 14.8 Å². The molecule has 168 valence electrons. The highest BCUT2D eigenvalue weighted by Crippen LogP contribution is 2.40. The van der Waals surface area contributed by atoms with Gasteiger partial charge in [0.2, 0.25) is 15.2 Å². The van der Waals surface area contributed by atoms with Gasteiger partial charge in [-0.3, -0.25) is 0 Å². The van der Waals surface area contributed by atoms with E-state index in [1.807, 2.05) is 30.3 Å². The summed E-state index contributed by atoms with van der Waals surface area (Å²) in [6.45, 7) is 0.522. The van der Waals surface area contributed by atoms with Crippen LogP contribution in [-0.2, 0) is 21.2 Å². The second kappa shape index (κ2) is 8.19. The lowest BCUT2D eigenvalue weighted by Gasteiger charge is -2.07. The van der Waals surface area contributed by atoms with E-state index in [0.717, 1.165) is 28.1 Å². The predicted molar refractivity (Wildman–Crippen MR) is 121 cm³/mol. The first-order valence-corrected chi connectivity index (χ1v) is 12.3. The third-order valence-electron chi connectivity index (χ3n) is 5.23. The van der Waals surface area contributed by atoms with Crippen LogP contribution < -0.4 is 5.14 Å². The van der Waals surface area contributed by atoms with Gasteiger partial charge in [0.1, 0.15) is 6.10 Å². The summed E-state index contributed by atoms with van der Waals surface area (Å²) in [7, 11) is -3.78. The van der Waals surface area contributed by atoms with Crippen LogP contribution in [0.25, 0.3) is 16.4 Å². The maximum Gasteiger partial charge on any atom is 0.355 e. The quantitative estimate of drug-likeness (QED) is 0.386. The third-order valence-corrected chi connectivity index (χ3v) is 6.98. The maximum absolute atomic E-state index is 11.6. The van der Waals surface area contributed by atoms with E-state index >= 15 is 0 Å². The zero-order chi connectivity index (χ0) is 23.2. The van der Waals surface area contributed by atoms with E-state index in [0.29, 0.717) is 18.2 Å². The van der Waals surface area contributed by atoms with E-state index in [9.17, 15) is 18.3 Å². The SMILES string of the molecule is NS(=O)(=O)c1ccc(Cc2c(-c3ccccc3)nn(-c3nc(C(=O)O)cs3)c2C2CO2)cc1. The van der Waals surface area contributed by atoms with E-state index in [1.165, 1.54) is 28.8 Å². The fraction of sp³-hybridized carbons (Fsp3) is 0.136. The molecule has 1 aliphatic heterocycles. The normalized spacial score (nSPS) is 15.5. The number of hydrogen-bond acceptors (Lipinski definition) is 7. The zero-order valence-electron chi connectivity index (χ0n) is 17.1. The van der Waals surface area contributed by atoms with Gasteiger partial charge in [-0.05, 0) is 17.7 Å². The van der Waals surface area contributed by atoms with Crippen LogP contribution in [0.1, 0.15) is 33.4 Å². The van der Waals surface area contributed by atoms with Crippen LogP contribution in [0, 0.1) is 0 Å². The van der Waals surface area contributed by atoms with Gasteiger partial charge in [0.15, 0.2) is 5.69 Å². The number of aromatic carboxylic acids is 1. The number of nitrogens with two attached hydrogens (primary N) is 1. The van der Waals surface area contributed by atoms with Gasteiger partial charge < -0.3 is 9.84 Å². The number of carboxylic acid groups (broad SMARTS) is 1. The lowest BCUT2D eigenvalue weighted by atomic mass is 9.98. The fourth-order valence-corrected chi connectivity index (χ4v) is 4.89. The van der Waals surface area contributed by atoms with Crippen LogP contribution in [0.2, 0.25) is 0 Å². The summed E-state index contributed by atoms with van der Waals surface area (Å²) in [5, 5.41) is 21.2. The first-order chi connectivity index (χ1) is 15.8. The molecule has 0 aliphatic carbocycles. The van der Waals surface area contributed by atoms with Crippen LogP contribution in [0.3, 0.4) is 0 Å². The Bertz CT molecular complexity index is 1440. The van der Waals surface area contributed by atoms with Gasteiger partial charge in [0, 0.05) is 22.9 Å². The predicted octanol–water partition coefficient (Wildman–Crippen LogP) is 3.00. The van der Waals surface area contributed by atoms with Crippen molar-refractivity contribution in [2.24, 2.45) is 5.14 Å². The van der Waals surface area contributed by atoms with Gasteiger partial charge >= 0.3 is 5.97 Å². The molecule has 9 nitrogen and oxygen atoms in total. The standard InChI is InChI=1S/C22H18N4O5S2/c23-33(29,30)15-8-6-13(7-9-15)10-16-19(14-4-2-1-3-5-14)25-26(20(16)18-11-31-18)22-24-17(12-32-22)21(27)28/h1-9,12,18H,10-11H2,(H,27,28)(H2,23,29,30). The van der Waals surface area contributed by atoms with Crippen molar-refractivity contribution in [3.63, 3.8) is 0 Å². The average molecular weight is 483 g/mol. The van der Waals surface area contributed by atoms with Crippen LogP contribution in [0.5, 0.6) is 0 Å². The minimum absolute atomic E-state index is 0.0416. The van der Waals surface area contributed by atoms with Crippen molar-refractivity contribution >= 4 is 27.3 Å². The molecule has 3 heterocycles. The summed E-state index contributed by atoms with van der Waals surface area (Å²) in [6.07, 6.45) is 0.271. The number of aromatic nitrogens is 3. The molecular formula is C22H18N4O5S2. The molecule has 1 saturated heterocycles. The number of sulfonamides is 1. The fourth-order valence-electron chi connectivity index (χ4n) is 3.61. The number of benzene rings is 2. The lowest BCUT2D eigenvalue weighted by molar-refractivity contribution is 0.0691. The Morgan fingerprint density at radius 3 is 2.45 bits per heavy atom. The van der Waals surface area contributed by atoms with E-state index in [2.05, 4.69) is 4.98 Å². The minimum atomic E-state index is -3.78. The summed E-state index contributed by atoms with van der Waals surface area (Å²) in [5.74, 6) is -1.10. The van der Waals surface area contributed by atoms with Crippen LogP contribution in [0.15, 0.2) is 64.9 Å². The van der Waals surface area contributed by atoms with Gasteiger partial charge in [-0.15, -0.1) is 11.3 Å². The molecule has 1 atom stereocenters. The number of ether oxygens (including phenoxy) is 1. The van der Waals surface area contributed by atoms with Crippen LogP contribution in [0.4, 0.5) is 0 Å². The number of carboxylic acids is 1.